The van der Waals surface area contributed by atoms with E-state index in [-0.39, 0.29) is 38.9 Å². The van der Waals surface area contributed by atoms with Gasteiger partial charge in [0, 0.05) is 29.7 Å². The van der Waals surface area contributed by atoms with Crippen LogP contribution in [0.25, 0.3) is 10.8 Å². The first-order valence-electron chi connectivity index (χ1n) is 17.9. The number of nitrogens with one attached hydrogen (secondary N) is 7. The van der Waals surface area contributed by atoms with E-state index in [0.717, 1.165) is 16.3 Å². The molecule has 1 aliphatic heterocycles. The number of fused-ring (bicyclic) bond motifs is 1. The minimum Gasteiger partial charge on any atom is -0.379 e. The Kier molecular flexibility index (Phi) is 13.7. The topological polar surface area (TPSA) is 217 Å². The number of nitrogens with two attached hydrogens (primary N) is 1. The largest absolute Gasteiger partial charge is 0.379 e. The molecule has 1 heterocycles. The van der Waals surface area contributed by atoms with Gasteiger partial charge in [-0.1, -0.05) is 91.9 Å². The van der Waals surface area contributed by atoms with Crippen LogP contribution in [0, 0.1) is 5.41 Å². The number of hydrogen-bond acceptors (Lipinski definition) is 7. The zero-order valence-corrected chi connectivity index (χ0v) is 30.0. The van der Waals surface area contributed by atoms with Crippen molar-refractivity contribution in [2.24, 2.45) is 5.73 Å². The molecule has 1 saturated heterocycles. The second-order valence-corrected chi connectivity index (χ2v) is 13.0. The molecule has 1 fully saturated rings. The number of carbonyl (C=O) groups excluding carboxylic acids is 5. The van der Waals surface area contributed by atoms with Crippen LogP contribution in [0.5, 0.6) is 0 Å². The lowest BCUT2D eigenvalue weighted by molar-refractivity contribution is -0.134. The zero-order chi connectivity index (χ0) is 38.5. The van der Waals surface area contributed by atoms with Crippen LogP contribution in [0.3, 0.4) is 0 Å². The normalized spacial score (nSPS) is 20.5. The molecule has 5 amide bonds. The van der Waals surface area contributed by atoms with Crippen molar-refractivity contribution >= 4 is 52.0 Å². The van der Waals surface area contributed by atoms with Crippen molar-refractivity contribution in [2.75, 3.05) is 18.5 Å². The van der Waals surface area contributed by atoms with Crippen LogP contribution in [0.2, 0.25) is 0 Å². The van der Waals surface area contributed by atoms with E-state index < -0.39 is 65.7 Å². The highest BCUT2D eigenvalue weighted by molar-refractivity contribution is 6.05. The summed E-state index contributed by atoms with van der Waals surface area (Å²) < 4.78 is 5.92. The molecule has 9 N–H and O–H groups in total. The minimum atomic E-state index is -1.35. The first kappa shape index (κ1) is 38.9. The molecule has 5 rings (SSSR count). The smallest absolute Gasteiger partial charge is 0.251 e. The third-order valence-corrected chi connectivity index (χ3v) is 9.08. The first-order valence-corrected chi connectivity index (χ1v) is 17.9. The van der Waals surface area contributed by atoms with Gasteiger partial charge < -0.3 is 42.4 Å². The molecule has 0 aliphatic carbocycles. The van der Waals surface area contributed by atoms with E-state index in [1.54, 1.807) is 67.6 Å². The van der Waals surface area contributed by atoms with E-state index >= 15 is 0 Å². The fourth-order valence-electron chi connectivity index (χ4n) is 6.24. The predicted octanol–water partition coefficient (Wildman–Crippen LogP) is 2.35. The number of benzene rings is 4. The van der Waals surface area contributed by atoms with Crippen LogP contribution < -0.4 is 37.6 Å². The highest BCUT2D eigenvalue weighted by Gasteiger charge is 2.36. The molecule has 14 heteroatoms. The Morgan fingerprint density at radius 2 is 1.54 bits per heavy atom. The average molecular weight is 735 g/mol. The molecule has 54 heavy (non-hydrogen) atoms. The molecule has 1 aliphatic rings. The van der Waals surface area contributed by atoms with Gasteiger partial charge in [0.15, 0.2) is 5.96 Å². The number of anilines is 1. The van der Waals surface area contributed by atoms with Gasteiger partial charge in [-0.2, -0.15) is 0 Å². The van der Waals surface area contributed by atoms with E-state index in [0.29, 0.717) is 11.3 Å². The van der Waals surface area contributed by atoms with Crippen molar-refractivity contribution in [3.8, 4) is 0 Å². The minimum absolute atomic E-state index is 0.0577. The molecule has 0 aromatic heterocycles. The van der Waals surface area contributed by atoms with Gasteiger partial charge >= 0.3 is 0 Å². The number of rotatable bonds is 9. The summed E-state index contributed by atoms with van der Waals surface area (Å²) in [6.07, 6.45) is 0.733. The van der Waals surface area contributed by atoms with Crippen molar-refractivity contribution in [2.45, 2.75) is 62.8 Å². The first-order chi connectivity index (χ1) is 26.1. The van der Waals surface area contributed by atoms with Crippen LogP contribution in [0.1, 0.15) is 42.1 Å². The number of guanidine groups is 1. The van der Waals surface area contributed by atoms with Crippen molar-refractivity contribution < 1.29 is 28.7 Å². The standard InChI is InChI=1S/C40H46N8O6/c1-2-29(47-40(41)42)34-39(53)46-33(38(52)43-30-20-11-18-26-15-9-10-19-28(26)30)24-54-22-12-21-31(44-35(49)27-16-7-4-8-17-27)36(50)45-32(37(51)48-34)23-25-13-5-3-6-14-25/h3-11,13-20,29,31-34H,2,12,21-24H2,1H3,(H,43,52)(H,44,49)(H,45,50)(H,46,53)(H,48,51)(H4,41,42,47). The number of hydrogen-bond donors (Lipinski definition) is 8. The molecule has 5 unspecified atom stereocenters. The summed E-state index contributed by atoms with van der Waals surface area (Å²) in [5.74, 6) is -3.51. The second kappa shape index (κ2) is 19.0. The fourth-order valence-corrected chi connectivity index (χ4v) is 6.24. The maximum atomic E-state index is 14.2. The summed E-state index contributed by atoms with van der Waals surface area (Å²) >= 11 is 0. The van der Waals surface area contributed by atoms with E-state index in [4.69, 9.17) is 15.9 Å². The Balaban J connectivity index is 1.47. The number of carbonyl (C=O) groups is 5. The maximum Gasteiger partial charge on any atom is 0.251 e. The lowest BCUT2D eigenvalue weighted by Crippen LogP contribution is -2.64. The predicted molar refractivity (Wildman–Crippen MR) is 205 cm³/mol. The van der Waals surface area contributed by atoms with Gasteiger partial charge in [0.25, 0.3) is 5.91 Å². The third-order valence-electron chi connectivity index (χ3n) is 9.08. The van der Waals surface area contributed by atoms with Crippen molar-refractivity contribution in [1.82, 2.24) is 26.6 Å². The quantitative estimate of drug-likeness (QED) is 0.0941. The Labute approximate surface area is 313 Å². The molecule has 0 spiro atoms. The molecule has 14 nitrogen and oxygen atoms in total. The molecular weight excluding hydrogens is 688 g/mol. The summed E-state index contributed by atoms with van der Waals surface area (Å²) in [4.78, 5) is 69.3. The average Bonchev–Trinajstić information content (AvgIpc) is 3.18. The zero-order valence-electron chi connectivity index (χ0n) is 30.0. The monoisotopic (exact) mass is 734 g/mol. The highest BCUT2D eigenvalue weighted by atomic mass is 16.5. The number of ether oxygens (including phenoxy) is 1. The Morgan fingerprint density at radius 3 is 2.26 bits per heavy atom. The van der Waals surface area contributed by atoms with E-state index in [1.165, 1.54) is 0 Å². The third kappa shape index (κ3) is 10.6. The van der Waals surface area contributed by atoms with Crippen LogP contribution in [-0.4, -0.2) is 78.9 Å². The molecule has 0 saturated carbocycles. The summed E-state index contributed by atoms with van der Waals surface area (Å²) in [6.45, 7) is 1.58. The van der Waals surface area contributed by atoms with E-state index in [2.05, 4.69) is 31.9 Å². The fraction of sp³-hybridized carbons (Fsp3) is 0.300. The Morgan fingerprint density at radius 1 is 0.852 bits per heavy atom. The second-order valence-electron chi connectivity index (χ2n) is 13.0. The highest BCUT2D eigenvalue weighted by Crippen LogP contribution is 2.23. The lowest BCUT2D eigenvalue weighted by atomic mass is 10.0. The maximum absolute atomic E-state index is 14.2. The number of amides is 5. The van der Waals surface area contributed by atoms with Crippen LogP contribution in [-0.2, 0) is 30.3 Å². The Hall–Kier alpha value is -6.28. The lowest BCUT2D eigenvalue weighted by Gasteiger charge is -2.30. The molecule has 5 atom stereocenters. The van der Waals surface area contributed by atoms with Crippen molar-refractivity contribution in [3.63, 3.8) is 0 Å². The SMILES string of the molecule is CCC(NC(=N)N)C1NC(=O)C(Cc2ccccc2)NC(=O)C(NC(=O)c2ccccc2)CCCOCC(C(=O)Nc2cccc3ccccc23)NC1=O. The molecule has 4 aromatic rings. The molecular formula is C40H46N8O6. The van der Waals surface area contributed by atoms with Crippen LogP contribution >= 0.6 is 0 Å². The van der Waals surface area contributed by atoms with Gasteiger partial charge in [-0.25, -0.2) is 0 Å². The Bertz CT molecular complexity index is 1940. The van der Waals surface area contributed by atoms with E-state index in [9.17, 15) is 24.0 Å². The van der Waals surface area contributed by atoms with E-state index in [1.807, 2.05) is 42.5 Å². The summed E-state index contributed by atoms with van der Waals surface area (Å²) in [7, 11) is 0. The van der Waals surface area contributed by atoms with Gasteiger partial charge in [-0.3, -0.25) is 29.4 Å². The summed E-state index contributed by atoms with van der Waals surface area (Å²) in [5.41, 5.74) is 7.30. The van der Waals surface area contributed by atoms with Crippen molar-refractivity contribution in [1.29, 1.82) is 5.41 Å². The van der Waals surface area contributed by atoms with Crippen LogP contribution in [0.4, 0.5) is 5.69 Å². The van der Waals surface area contributed by atoms with Crippen molar-refractivity contribution in [3.05, 3.63) is 114 Å². The molecule has 282 valence electrons. The van der Waals surface area contributed by atoms with Gasteiger partial charge in [0.1, 0.15) is 24.2 Å². The van der Waals surface area contributed by atoms with Crippen LogP contribution in [0.15, 0.2) is 103 Å². The molecule has 0 radical (unpaired) electrons. The molecule has 0 bridgehead atoms. The van der Waals surface area contributed by atoms with Gasteiger partial charge in [-0.05, 0) is 48.4 Å². The summed E-state index contributed by atoms with van der Waals surface area (Å²) in [5, 5.41) is 26.3. The summed E-state index contributed by atoms with van der Waals surface area (Å²) in [6, 6.07) is 24.8. The van der Waals surface area contributed by atoms with Gasteiger partial charge in [-0.15, -0.1) is 0 Å². The van der Waals surface area contributed by atoms with Gasteiger partial charge in [0.05, 0.1) is 12.6 Å². The van der Waals surface area contributed by atoms with Gasteiger partial charge in [0.2, 0.25) is 23.6 Å². The molecule has 4 aromatic carbocycles.